The third kappa shape index (κ3) is 4.70. The number of hydrogen-bond donors (Lipinski definition) is 2. The average molecular weight is 431 g/mol. The van der Waals surface area contributed by atoms with Crippen LogP contribution in [0.1, 0.15) is 40.1 Å². The number of carboxylic acids is 1. The number of anilines is 1. The number of rotatable bonds is 6. The van der Waals surface area contributed by atoms with E-state index in [4.69, 9.17) is 0 Å². The van der Waals surface area contributed by atoms with Gasteiger partial charge in [0.2, 0.25) is 0 Å². The lowest BCUT2D eigenvalue weighted by Gasteiger charge is -2.31. The number of carbonyl (C=O) groups excluding carboxylic acids is 2. The molecule has 3 aromatic rings. The summed E-state index contributed by atoms with van der Waals surface area (Å²) >= 11 is 0. The Bertz CT molecular complexity index is 1150. The van der Waals surface area contributed by atoms with E-state index in [0.717, 1.165) is 16.7 Å². The van der Waals surface area contributed by atoms with Gasteiger partial charge in [-0.2, -0.15) is 0 Å². The summed E-state index contributed by atoms with van der Waals surface area (Å²) < 4.78 is 0. The van der Waals surface area contributed by atoms with Gasteiger partial charge in [0, 0.05) is 23.9 Å². The summed E-state index contributed by atoms with van der Waals surface area (Å²) in [5.41, 5.74) is 3.16. The molecule has 164 valence electrons. The quantitative estimate of drug-likeness (QED) is 0.585. The van der Waals surface area contributed by atoms with E-state index in [-0.39, 0.29) is 11.8 Å². The van der Waals surface area contributed by atoms with Crippen LogP contribution in [0.15, 0.2) is 72.8 Å². The maximum absolute atomic E-state index is 12.7. The first-order valence-electron chi connectivity index (χ1n) is 10.2. The third-order valence-corrected chi connectivity index (χ3v) is 5.66. The van der Waals surface area contributed by atoms with Crippen LogP contribution in [0.5, 0.6) is 0 Å². The van der Waals surface area contributed by atoms with Crippen LogP contribution in [0.2, 0.25) is 0 Å². The van der Waals surface area contributed by atoms with Crippen molar-refractivity contribution in [2.75, 3.05) is 12.4 Å². The molecule has 0 aliphatic rings. The molecular formula is C26H26N2O4. The predicted molar refractivity (Wildman–Crippen MR) is 125 cm³/mol. The van der Waals surface area contributed by atoms with Crippen molar-refractivity contribution in [3.63, 3.8) is 0 Å². The van der Waals surface area contributed by atoms with Gasteiger partial charge < -0.3 is 15.3 Å². The first-order chi connectivity index (χ1) is 15.1. The van der Waals surface area contributed by atoms with Crippen LogP contribution in [0.4, 0.5) is 5.69 Å². The number of carbonyl (C=O) groups is 3. The molecule has 6 nitrogen and oxygen atoms in total. The summed E-state index contributed by atoms with van der Waals surface area (Å²) in [6.07, 6.45) is 0. The van der Waals surface area contributed by atoms with Crippen molar-refractivity contribution in [3.05, 3.63) is 89.5 Å². The van der Waals surface area contributed by atoms with E-state index < -0.39 is 11.5 Å². The molecule has 0 bridgehead atoms. The van der Waals surface area contributed by atoms with Gasteiger partial charge >= 0.3 is 5.97 Å². The van der Waals surface area contributed by atoms with Gasteiger partial charge in [-0.05, 0) is 67.8 Å². The standard InChI is InChI=1S/C26H26N2O4/c1-17-7-5-6-8-22(17)23(29)27-21-15-13-19(14-16-21)18-9-11-20(12-10-18)24(30)28(4)26(2,3)25(31)32/h5-16H,1-4H3,(H,27,29)(H,31,32). The Balaban J connectivity index is 1.72. The van der Waals surface area contributed by atoms with E-state index in [1.54, 1.807) is 18.2 Å². The third-order valence-electron chi connectivity index (χ3n) is 5.66. The number of carboxylic acid groups (broad SMARTS) is 1. The second kappa shape index (κ2) is 9.06. The normalized spacial score (nSPS) is 11.0. The van der Waals surface area contributed by atoms with Crippen LogP contribution in [0, 0.1) is 6.92 Å². The number of hydrogen-bond acceptors (Lipinski definition) is 3. The molecule has 6 heteroatoms. The summed E-state index contributed by atoms with van der Waals surface area (Å²) in [4.78, 5) is 37.8. The molecule has 3 rings (SSSR count). The van der Waals surface area contributed by atoms with E-state index in [0.29, 0.717) is 16.8 Å². The zero-order valence-electron chi connectivity index (χ0n) is 18.5. The molecule has 0 unspecified atom stereocenters. The minimum absolute atomic E-state index is 0.160. The van der Waals surface area contributed by atoms with Crippen molar-refractivity contribution in [2.24, 2.45) is 0 Å². The zero-order valence-corrected chi connectivity index (χ0v) is 18.5. The SMILES string of the molecule is Cc1ccccc1C(=O)Nc1ccc(-c2ccc(C(=O)N(C)C(C)(C)C(=O)O)cc2)cc1. The van der Waals surface area contributed by atoms with Crippen LogP contribution in [0.25, 0.3) is 11.1 Å². The van der Waals surface area contributed by atoms with E-state index in [1.165, 1.54) is 25.8 Å². The fraction of sp³-hybridized carbons (Fsp3) is 0.192. The first-order valence-corrected chi connectivity index (χ1v) is 10.2. The molecule has 0 aromatic heterocycles. The van der Waals surface area contributed by atoms with Crippen molar-refractivity contribution in [2.45, 2.75) is 26.3 Å². The smallest absolute Gasteiger partial charge is 0.329 e. The Labute approximate surface area is 187 Å². The predicted octanol–water partition coefficient (Wildman–Crippen LogP) is 4.85. The second-order valence-electron chi connectivity index (χ2n) is 8.15. The molecule has 0 fully saturated rings. The number of nitrogens with one attached hydrogen (secondary N) is 1. The number of benzene rings is 3. The Morgan fingerprint density at radius 1 is 0.844 bits per heavy atom. The Morgan fingerprint density at radius 2 is 1.38 bits per heavy atom. The Kier molecular flexibility index (Phi) is 6.44. The van der Waals surface area contributed by atoms with Gasteiger partial charge in [0.15, 0.2) is 0 Å². The molecule has 0 radical (unpaired) electrons. The van der Waals surface area contributed by atoms with Gasteiger partial charge in [-0.25, -0.2) is 4.79 Å². The van der Waals surface area contributed by atoms with Crippen LogP contribution in [-0.2, 0) is 4.79 Å². The second-order valence-corrected chi connectivity index (χ2v) is 8.15. The van der Waals surface area contributed by atoms with Gasteiger partial charge in [-0.3, -0.25) is 9.59 Å². The van der Waals surface area contributed by atoms with E-state index >= 15 is 0 Å². The highest BCUT2D eigenvalue weighted by Crippen LogP contribution is 2.24. The van der Waals surface area contributed by atoms with Gasteiger partial charge in [-0.1, -0.05) is 42.5 Å². The van der Waals surface area contributed by atoms with Crippen LogP contribution in [0.3, 0.4) is 0 Å². The summed E-state index contributed by atoms with van der Waals surface area (Å²) in [6, 6.07) is 21.8. The Morgan fingerprint density at radius 3 is 1.91 bits per heavy atom. The molecule has 2 N–H and O–H groups in total. The van der Waals surface area contributed by atoms with E-state index in [1.807, 2.05) is 61.5 Å². The number of aliphatic carboxylic acids is 1. The molecule has 3 aromatic carbocycles. The van der Waals surface area contributed by atoms with Crippen molar-refractivity contribution in [3.8, 4) is 11.1 Å². The summed E-state index contributed by atoms with van der Waals surface area (Å²) in [5.74, 6) is -1.59. The fourth-order valence-corrected chi connectivity index (χ4v) is 3.17. The molecule has 32 heavy (non-hydrogen) atoms. The lowest BCUT2D eigenvalue weighted by atomic mass is 10.0. The fourth-order valence-electron chi connectivity index (χ4n) is 3.17. The summed E-state index contributed by atoms with van der Waals surface area (Å²) in [7, 11) is 1.48. The van der Waals surface area contributed by atoms with Crippen molar-refractivity contribution >= 4 is 23.5 Å². The largest absolute Gasteiger partial charge is 0.480 e. The average Bonchev–Trinajstić information content (AvgIpc) is 2.78. The summed E-state index contributed by atoms with van der Waals surface area (Å²) in [6.45, 7) is 4.87. The number of nitrogens with zero attached hydrogens (tertiary/aromatic N) is 1. The summed E-state index contributed by atoms with van der Waals surface area (Å²) in [5, 5.41) is 12.2. The highest BCUT2D eigenvalue weighted by Gasteiger charge is 2.35. The Hall–Kier alpha value is -3.93. The molecule has 0 atom stereocenters. The van der Waals surface area contributed by atoms with Crippen molar-refractivity contribution in [1.82, 2.24) is 4.90 Å². The lowest BCUT2D eigenvalue weighted by molar-refractivity contribution is -0.147. The number of aryl methyl sites for hydroxylation is 1. The molecule has 0 heterocycles. The zero-order chi connectivity index (χ0) is 23.5. The van der Waals surface area contributed by atoms with Crippen LogP contribution < -0.4 is 5.32 Å². The van der Waals surface area contributed by atoms with E-state index in [2.05, 4.69) is 5.32 Å². The molecule has 2 amide bonds. The minimum atomic E-state index is -1.31. The minimum Gasteiger partial charge on any atom is -0.480 e. The molecule has 0 aliphatic carbocycles. The van der Waals surface area contributed by atoms with Crippen LogP contribution in [-0.4, -0.2) is 40.4 Å². The topological polar surface area (TPSA) is 86.7 Å². The van der Waals surface area contributed by atoms with E-state index in [9.17, 15) is 19.5 Å². The van der Waals surface area contributed by atoms with Crippen molar-refractivity contribution in [1.29, 1.82) is 0 Å². The van der Waals surface area contributed by atoms with Gasteiger partial charge in [-0.15, -0.1) is 0 Å². The van der Waals surface area contributed by atoms with Crippen LogP contribution >= 0.6 is 0 Å². The first kappa shape index (κ1) is 22.7. The number of amides is 2. The van der Waals surface area contributed by atoms with Gasteiger partial charge in [0.1, 0.15) is 5.54 Å². The molecule has 0 saturated carbocycles. The lowest BCUT2D eigenvalue weighted by Crippen LogP contribution is -2.50. The molecule has 0 saturated heterocycles. The van der Waals surface area contributed by atoms with Crippen molar-refractivity contribution < 1.29 is 19.5 Å². The highest BCUT2D eigenvalue weighted by molar-refractivity contribution is 6.05. The van der Waals surface area contributed by atoms with Gasteiger partial charge in [0.25, 0.3) is 11.8 Å². The maximum atomic E-state index is 12.7. The monoisotopic (exact) mass is 430 g/mol. The number of likely N-dealkylation sites (N-methyl/N-ethyl adjacent to an activating group) is 1. The molecular weight excluding hydrogens is 404 g/mol. The molecule has 0 spiro atoms. The maximum Gasteiger partial charge on any atom is 0.329 e. The highest BCUT2D eigenvalue weighted by atomic mass is 16.4. The molecule has 0 aliphatic heterocycles. The van der Waals surface area contributed by atoms with Gasteiger partial charge in [0.05, 0.1) is 0 Å².